The van der Waals surface area contributed by atoms with Crippen molar-refractivity contribution in [1.82, 2.24) is 0 Å². The van der Waals surface area contributed by atoms with E-state index in [4.69, 9.17) is 21.1 Å². The number of methoxy groups -OCH3 is 1. The highest BCUT2D eigenvalue weighted by Gasteiger charge is 2.34. The monoisotopic (exact) mass is 334 g/mol. The van der Waals surface area contributed by atoms with Gasteiger partial charge in [0.05, 0.1) is 5.60 Å². The number of benzene rings is 2. The van der Waals surface area contributed by atoms with Gasteiger partial charge in [-0.1, -0.05) is 41.6 Å². The number of halogens is 1. The van der Waals surface area contributed by atoms with Crippen LogP contribution in [0.3, 0.4) is 0 Å². The van der Waals surface area contributed by atoms with Crippen molar-refractivity contribution >= 4 is 23.4 Å². The lowest BCUT2D eigenvalue weighted by atomic mass is 9.86. The van der Waals surface area contributed by atoms with Crippen molar-refractivity contribution in [3.8, 4) is 0 Å². The second kappa shape index (κ2) is 7.05. The molecule has 0 unspecified atom stereocenters. The molecule has 116 valence electrons. The summed E-state index contributed by atoms with van der Waals surface area (Å²) in [6.45, 7) is 1.50. The van der Waals surface area contributed by atoms with Gasteiger partial charge in [0.25, 0.3) is 0 Å². The van der Waals surface area contributed by atoms with E-state index in [0.717, 1.165) is 36.0 Å². The third-order valence-corrected chi connectivity index (χ3v) is 5.30. The van der Waals surface area contributed by atoms with Gasteiger partial charge in [0.1, 0.15) is 0 Å². The second-order valence-corrected chi connectivity index (χ2v) is 6.98. The van der Waals surface area contributed by atoms with Crippen LogP contribution in [0.1, 0.15) is 18.4 Å². The Bertz CT molecular complexity index is 638. The maximum absolute atomic E-state index is 6.06. The van der Waals surface area contributed by atoms with Crippen LogP contribution in [-0.2, 0) is 15.1 Å². The fraction of sp³-hybridized carbons (Fsp3) is 0.333. The van der Waals surface area contributed by atoms with Gasteiger partial charge in [0.2, 0.25) is 0 Å². The van der Waals surface area contributed by atoms with Crippen molar-refractivity contribution < 1.29 is 9.47 Å². The van der Waals surface area contributed by atoms with E-state index in [9.17, 15) is 0 Å². The smallest absolute Gasteiger partial charge is 0.0971 e. The fourth-order valence-electron chi connectivity index (χ4n) is 2.82. The molecule has 0 aliphatic carbocycles. The zero-order chi connectivity index (χ0) is 15.4. The fourth-order valence-corrected chi connectivity index (χ4v) is 4.01. The minimum absolute atomic E-state index is 0.219. The molecule has 0 N–H and O–H groups in total. The molecule has 3 rings (SSSR count). The predicted octanol–water partition coefficient (Wildman–Crippen LogP) is 5.14. The largest absolute Gasteiger partial charge is 0.381 e. The number of hydrogen-bond donors (Lipinski definition) is 0. The summed E-state index contributed by atoms with van der Waals surface area (Å²) in [5.74, 6) is 0. The lowest BCUT2D eigenvalue weighted by Gasteiger charge is -2.36. The molecule has 1 aliphatic rings. The van der Waals surface area contributed by atoms with E-state index in [1.165, 1.54) is 10.5 Å². The normalized spacial score (nSPS) is 17.4. The van der Waals surface area contributed by atoms with E-state index < -0.39 is 0 Å². The summed E-state index contributed by atoms with van der Waals surface area (Å²) >= 11 is 7.78. The van der Waals surface area contributed by atoms with E-state index in [1.807, 2.05) is 18.2 Å². The SMILES string of the molecule is COC1(c2cccc(Sc3cccc(Cl)c3)c2)CCOCC1. The Balaban J connectivity index is 1.85. The van der Waals surface area contributed by atoms with Gasteiger partial charge >= 0.3 is 0 Å². The van der Waals surface area contributed by atoms with Crippen molar-refractivity contribution in [2.45, 2.75) is 28.2 Å². The van der Waals surface area contributed by atoms with Crippen molar-refractivity contribution in [1.29, 1.82) is 0 Å². The van der Waals surface area contributed by atoms with Crippen LogP contribution < -0.4 is 0 Å². The lowest BCUT2D eigenvalue weighted by Crippen LogP contribution is -2.35. The van der Waals surface area contributed by atoms with Crippen molar-refractivity contribution in [3.63, 3.8) is 0 Å². The van der Waals surface area contributed by atoms with Gasteiger partial charge < -0.3 is 9.47 Å². The highest BCUT2D eigenvalue weighted by atomic mass is 35.5. The number of hydrogen-bond acceptors (Lipinski definition) is 3. The Labute approximate surface area is 140 Å². The molecule has 2 aromatic rings. The average molecular weight is 335 g/mol. The summed E-state index contributed by atoms with van der Waals surface area (Å²) in [6, 6.07) is 16.5. The molecule has 0 aromatic heterocycles. The molecule has 22 heavy (non-hydrogen) atoms. The van der Waals surface area contributed by atoms with Gasteiger partial charge in [0, 0.05) is 48.0 Å². The zero-order valence-corrected chi connectivity index (χ0v) is 14.1. The molecule has 2 nitrogen and oxygen atoms in total. The summed E-state index contributed by atoms with van der Waals surface area (Å²) in [5.41, 5.74) is 1.01. The topological polar surface area (TPSA) is 18.5 Å². The first-order valence-electron chi connectivity index (χ1n) is 7.39. The van der Waals surface area contributed by atoms with E-state index >= 15 is 0 Å². The molecule has 4 heteroatoms. The Kier molecular flexibility index (Phi) is 5.09. The second-order valence-electron chi connectivity index (χ2n) is 5.40. The molecule has 1 aliphatic heterocycles. The van der Waals surface area contributed by atoms with Crippen molar-refractivity contribution in [2.24, 2.45) is 0 Å². The van der Waals surface area contributed by atoms with Crippen LogP contribution in [0.25, 0.3) is 0 Å². The van der Waals surface area contributed by atoms with Gasteiger partial charge in [-0.25, -0.2) is 0 Å². The quantitative estimate of drug-likeness (QED) is 0.771. The van der Waals surface area contributed by atoms with Gasteiger partial charge in [-0.15, -0.1) is 0 Å². The molecule has 0 atom stereocenters. The highest BCUT2D eigenvalue weighted by molar-refractivity contribution is 7.99. The van der Waals surface area contributed by atoms with Crippen LogP contribution in [-0.4, -0.2) is 20.3 Å². The number of rotatable bonds is 4. The zero-order valence-electron chi connectivity index (χ0n) is 12.5. The van der Waals surface area contributed by atoms with E-state index in [1.54, 1.807) is 18.9 Å². The van der Waals surface area contributed by atoms with Crippen LogP contribution in [0.5, 0.6) is 0 Å². The minimum Gasteiger partial charge on any atom is -0.381 e. The van der Waals surface area contributed by atoms with Gasteiger partial charge in [-0.3, -0.25) is 0 Å². The molecule has 1 fully saturated rings. The standard InChI is InChI=1S/C18H19ClO2S/c1-20-18(8-10-21-11-9-18)14-4-2-6-16(12-14)22-17-7-3-5-15(19)13-17/h2-7,12-13H,8-11H2,1H3. The summed E-state index contributed by atoms with van der Waals surface area (Å²) in [6.07, 6.45) is 1.80. The maximum atomic E-state index is 6.06. The summed E-state index contributed by atoms with van der Waals surface area (Å²) in [7, 11) is 1.79. The average Bonchev–Trinajstić information content (AvgIpc) is 2.56. The Morgan fingerprint density at radius 2 is 1.73 bits per heavy atom. The Morgan fingerprint density at radius 1 is 1.05 bits per heavy atom. The first kappa shape index (κ1) is 15.9. The molecular formula is C18H19ClO2S. The van der Waals surface area contributed by atoms with E-state index in [2.05, 4.69) is 30.3 Å². The van der Waals surface area contributed by atoms with Crippen LogP contribution in [0.2, 0.25) is 5.02 Å². The molecule has 0 spiro atoms. The predicted molar refractivity (Wildman–Crippen MR) is 90.8 cm³/mol. The summed E-state index contributed by atoms with van der Waals surface area (Å²) in [5, 5.41) is 0.763. The molecular weight excluding hydrogens is 316 g/mol. The molecule has 0 saturated carbocycles. The van der Waals surface area contributed by atoms with E-state index in [0.29, 0.717) is 0 Å². The van der Waals surface area contributed by atoms with E-state index in [-0.39, 0.29) is 5.60 Å². The highest BCUT2D eigenvalue weighted by Crippen LogP contribution is 2.38. The third-order valence-electron chi connectivity index (χ3n) is 4.08. The van der Waals surface area contributed by atoms with Gasteiger partial charge in [0.15, 0.2) is 0 Å². The van der Waals surface area contributed by atoms with Crippen molar-refractivity contribution in [3.05, 3.63) is 59.1 Å². The van der Waals surface area contributed by atoms with Crippen molar-refractivity contribution in [2.75, 3.05) is 20.3 Å². The molecule has 0 radical (unpaired) electrons. The summed E-state index contributed by atoms with van der Waals surface area (Å²) in [4.78, 5) is 2.34. The Hall–Kier alpha value is -1.00. The maximum Gasteiger partial charge on any atom is 0.0971 e. The van der Waals surface area contributed by atoms with Crippen LogP contribution in [0.15, 0.2) is 58.3 Å². The first-order chi connectivity index (χ1) is 10.7. The molecule has 1 saturated heterocycles. The molecule has 0 amide bonds. The molecule has 2 aromatic carbocycles. The van der Waals surface area contributed by atoms with Crippen LogP contribution in [0, 0.1) is 0 Å². The van der Waals surface area contributed by atoms with Gasteiger partial charge in [-0.05, 0) is 35.9 Å². The molecule has 0 bridgehead atoms. The number of ether oxygens (including phenoxy) is 2. The Morgan fingerprint density at radius 3 is 2.41 bits per heavy atom. The molecule has 1 heterocycles. The first-order valence-corrected chi connectivity index (χ1v) is 8.58. The minimum atomic E-state index is -0.219. The van der Waals surface area contributed by atoms with Gasteiger partial charge in [-0.2, -0.15) is 0 Å². The third kappa shape index (κ3) is 3.49. The lowest BCUT2D eigenvalue weighted by molar-refractivity contribution is -0.0948. The summed E-state index contributed by atoms with van der Waals surface area (Å²) < 4.78 is 11.4. The van der Waals surface area contributed by atoms with Crippen LogP contribution >= 0.6 is 23.4 Å². The van der Waals surface area contributed by atoms with Crippen LogP contribution in [0.4, 0.5) is 0 Å².